The summed E-state index contributed by atoms with van der Waals surface area (Å²) >= 11 is 0. The summed E-state index contributed by atoms with van der Waals surface area (Å²) in [6, 6.07) is 1.14. The zero-order valence-electron chi connectivity index (χ0n) is 19.3. The Morgan fingerprint density at radius 1 is 0.853 bits per heavy atom. The molecular weight excluding hydrogens is 448 g/mol. The highest BCUT2D eigenvalue weighted by Gasteiger charge is 2.29. The SMILES string of the molecule is CC(NC(=O)C(CCC(=O)O)NC(=O)C(N)C(C)C)C(=O)NC(Cc1ccc(O)cc1)C(=O)O. The lowest BCUT2D eigenvalue weighted by atomic mass is 10.0. The number of carbonyl (C=O) groups excluding carboxylic acids is 3. The highest BCUT2D eigenvalue weighted by atomic mass is 16.4. The molecule has 1 aromatic carbocycles. The van der Waals surface area contributed by atoms with E-state index in [0.29, 0.717) is 5.56 Å². The molecule has 0 heterocycles. The summed E-state index contributed by atoms with van der Waals surface area (Å²) < 4.78 is 0. The Morgan fingerprint density at radius 2 is 1.41 bits per heavy atom. The van der Waals surface area contributed by atoms with Gasteiger partial charge in [-0.2, -0.15) is 0 Å². The van der Waals surface area contributed by atoms with Crippen LogP contribution in [0, 0.1) is 5.92 Å². The van der Waals surface area contributed by atoms with E-state index in [1.54, 1.807) is 13.8 Å². The molecule has 0 fully saturated rings. The number of phenolic OH excluding ortho intramolecular Hbond substituents is 1. The van der Waals surface area contributed by atoms with Crippen molar-refractivity contribution in [2.75, 3.05) is 0 Å². The number of carboxylic acid groups (broad SMARTS) is 2. The highest BCUT2D eigenvalue weighted by molar-refractivity contribution is 5.94. The maximum Gasteiger partial charge on any atom is 0.326 e. The third kappa shape index (κ3) is 9.45. The van der Waals surface area contributed by atoms with Gasteiger partial charge in [-0.3, -0.25) is 19.2 Å². The van der Waals surface area contributed by atoms with E-state index in [9.17, 15) is 34.2 Å². The molecule has 0 aliphatic rings. The van der Waals surface area contributed by atoms with Gasteiger partial charge in [-0.15, -0.1) is 0 Å². The van der Waals surface area contributed by atoms with Crippen LogP contribution in [0.3, 0.4) is 0 Å². The molecule has 0 saturated carbocycles. The van der Waals surface area contributed by atoms with Crippen molar-refractivity contribution < 1.29 is 39.3 Å². The normalized spacial score (nSPS) is 14.4. The topological polar surface area (TPSA) is 208 Å². The lowest BCUT2D eigenvalue weighted by Crippen LogP contribution is -2.57. The van der Waals surface area contributed by atoms with Gasteiger partial charge in [0.15, 0.2) is 0 Å². The number of phenols is 1. The van der Waals surface area contributed by atoms with Gasteiger partial charge in [0.2, 0.25) is 17.7 Å². The van der Waals surface area contributed by atoms with Gasteiger partial charge in [0.1, 0.15) is 23.9 Å². The van der Waals surface area contributed by atoms with Crippen LogP contribution in [0.1, 0.15) is 39.2 Å². The minimum Gasteiger partial charge on any atom is -0.508 e. The molecule has 34 heavy (non-hydrogen) atoms. The van der Waals surface area contributed by atoms with Gasteiger partial charge in [-0.25, -0.2) is 4.79 Å². The number of hydrogen-bond acceptors (Lipinski definition) is 7. The number of aromatic hydroxyl groups is 1. The van der Waals surface area contributed by atoms with E-state index in [1.165, 1.54) is 31.2 Å². The molecule has 12 heteroatoms. The number of amides is 3. The lowest BCUT2D eigenvalue weighted by Gasteiger charge is -2.24. The van der Waals surface area contributed by atoms with E-state index < -0.39 is 60.2 Å². The summed E-state index contributed by atoms with van der Waals surface area (Å²) in [7, 11) is 0. The largest absolute Gasteiger partial charge is 0.508 e. The van der Waals surface area contributed by atoms with E-state index in [-0.39, 0.29) is 24.5 Å². The number of benzene rings is 1. The Morgan fingerprint density at radius 3 is 1.91 bits per heavy atom. The van der Waals surface area contributed by atoms with Gasteiger partial charge in [-0.1, -0.05) is 26.0 Å². The Kier molecular flexibility index (Phi) is 11.0. The molecule has 1 aromatic rings. The molecule has 3 amide bonds. The van der Waals surface area contributed by atoms with E-state index in [2.05, 4.69) is 16.0 Å². The molecule has 0 aliphatic heterocycles. The van der Waals surface area contributed by atoms with E-state index in [0.717, 1.165) is 0 Å². The van der Waals surface area contributed by atoms with Crippen molar-refractivity contribution in [3.05, 3.63) is 29.8 Å². The first-order valence-corrected chi connectivity index (χ1v) is 10.7. The Labute approximate surface area is 196 Å². The molecule has 0 saturated heterocycles. The quantitative estimate of drug-likeness (QED) is 0.191. The van der Waals surface area contributed by atoms with Crippen LogP contribution in [0.25, 0.3) is 0 Å². The molecule has 0 radical (unpaired) electrons. The summed E-state index contributed by atoms with van der Waals surface area (Å²) in [5.41, 5.74) is 6.33. The van der Waals surface area contributed by atoms with Crippen LogP contribution in [0.15, 0.2) is 24.3 Å². The van der Waals surface area contributed by atoms with Crippen LogP contribution in [0.4, 0.5) is 0 Å². The van der Waals surface area contributed by atoms with Crippen molar-refractivity contribution in [3.63, 3.8) is 0 Å². The second kappa shape index (κ2) is 13.1. The Hall–Kier alpha value is -3.67. The molecule has 0 spiro atoms. The van der Waals surface area contributed by atoms with Crippen LogP contribution >= 0.6 is 0 Å². The predicted octanol–water partition coefficient (Wildman–Crippen LogP) is -0.658. The highest BCUT2D eigenvalue weighted by Crippen LogP contribution is 2.11. The minimum absolute atomic E-state index is 0.00916. The van der Waals surface area contributed by atoms with Crippen molar-refractivity contribution in [2.45, 2.75) is 64.2 Å². The number of carbonyl (C=O) groups is 5. The van der Waals surface area contributed by atoms with Crippen molar-refractivity contribution in [2.24, 2.45) is 11.7 Å². The fourth-order valence-electron chi connectivity index (χ4n) is 2.85. The average molecular weight is 481 g/mol. The monoisotopic (exact) mass is 480 g/mol. The van der Waals surface area contributed by atoms with Crippen molar-refractivity contribution in [1.29, 1.82) is 0 Å². The van der Waals surface area contributed by atoms with Crippen LogP contribution in [0.5, 0.6) is 5.75 Å². The second-order valence-electron chi connectivity index (χ2n) is 8.26. The molecular formula is C22H32N4O8. The van der Waals surface area contributed by atoms with Crippen molar-refractivity contribution in [1.82, 2.24) is 16.0 Å². The van der Waals surface area contributed by atoms with E-state index in [1.807, 2.05) is 0 Å². The summed E-state index contributed by atoms with van der Waals surface area (Å²) in [5.74, 6) is -4.93. The third-order valence-corrected chi connectivity index (χ3v) is 5.04. The number of rotatable bonds is 13. The Balaban J connectivity index is 2.82. The summed E-state index contributed by atoms with van der Waals surface area (Å²) in [5, 5.41) is 34.8. The molecule has 12 nitrogen and oxygen atoms in total. The summed E-state index contributed by atoms with van der Waals surface area (Å²) in [6.07, 6.45) is -0.708. The molecule has 0 aliphatic carbocycles. The minimum atomic E-state index is -1.30. The molecule has 0 aromatic heterocycles. The first-order chi connectivity index (χ1) is 15.8. The van der Waals surface area contributed by atoms with Crippen LogP contribution in [-0.2, 0) is 30.4 Å². The van der Waals surface area contributed by atoms with Gasteiger partial charge < -0.3 is 37.0 Å². The first-order valence-electron chi connectivity index (χ1n) is 10.7. The smallest absolute Gasteiger partial charge is 0.326 e. The number of hydrogen-bond donors (Lipinski definition) is 7. The standard InChI is InChI=1S/C22H32N4O8/c1-11(2)18(23)21(32)25-15(8-9-17(28)29)20(31)24-12(3)19(30)26-16(22(33)34)10-13-4-6-14(27)7-5-13/h4-7,11-12,15-16,18,27H,8-10,23H2,1-3H3,(H,24,31)(H,25,32)(H,26,30)(H,28,29)(H,33,34). The number of nitrogens with two attached hydrogens (primary N) is 1. The van der Waals surface area contributed by atoms with Crippen molar-refractivity contribution >= 4 is 29.7 Å². The fourth-order valence-corrected chi connectivity index (χ4v) is 2.85. The van der Waals surface area contributed by atoms with Gasteiger partial charge in [0.05, 0.1) is 6.04 Å². The molecule has 0 bridgehead atoms. The molecule has 188 valence electrons. The van der Waals surface area contributed by atoms with E-state index >= 15 is 0 Å². The van der Waals surface area contributed by atoms with Gasteiger partial charge >= 0.3 is 11.9 Å². The predicted molar refractivity (Wildman–Crippen MR) is 121 cm³/mol. The fraction of sp³-hybridized carbons (Fsp3) is 0.500. The number of carboxylic acids is 2. The van der Waals surface area contributed by atoms with E-state index in [4.69, 9.17) is 10.8 Å². The second-order valence-corrected chi connectivity index (χ2v) is 8.26. The number of nitrogens with one attached hydrogen (secondary N) is 3. The molecule has 4 atom stereocenters. The molecule has 8 N–H and O–H groups in total. The van der Waals surface area contributed by atoms with Crippen LogP contribution < -0.4 is 21.7 Å². The lowest BCUT2D eigenvalue weighted by molar-refractivity contribution is -0.142. The maximum atomic E-state index is 12.7. The number of aliphatic carboxylic acids is 2. The van der Waals surface area contributed by atoms with Gasteiger partial charge in [0.25, 0.3) is 0 Å². The first kappa shape index (κ1) is 28.4. The third-order valence-electron chi connectivity index (χ3n) is 5.04. The summed E-state index contributed by atoms with van der Waals surface area (Å²) in [6.45, 7) is 4.74. The average Bonchev–Trinajstić information content (AvgIpc) is 2.76. The Bertz CT molecular complexity index is 887. The van der Waals surface area contributed by atoms with Crippen LogP contribution in [-0.4, -0.2) is 69.1 Å². The van der Waals surface area contributed by atoms with Crippen LogP contribution in [0.2, 0.25) is 0 Å². The summed E-state index contributed by atoms with van der Waals surface area (Å²) in [4.78, 5) is 59.9. The molecule has 1 rings (SSSR count). The van der Waals surface area contributed by atoms with Crippen molar-refractivity contribution in [3.8, 4) is 5.75 Å². The zero-order valence-corrected chi connectivity index (χ0v) is 19.3. The van der Waals surface area contributed by atoms with Gasteiger partial charge in [-0.05, 0) is 37.0 Å². The van der Waals surface area contributed by atoms with Gasteiger partial charge in [0, 0.05) is 12.8 Å². The molecule has 4 unspecified atom stereocenters. The maximum absolute atomic E-state index is 12.7. The zero-order chi connectivity index (χ0) is 26.0.